The molecular formula is C24H30N2O3. The molecule has 1 N–H and O–H groups in total. The SMILES string of the molecule is Cc1ccc(C(C)C)cc1OCC(=O)Nc1ccccc1C(=O)N1CCCCC1. The summed E-state index contributed by atoms with van der Waals surface area (Å²) in [7, 11) is 0. The monoisotopic (exact) mass is 394 g/mol. The standard InChI is InChI=1S/C24H30N2O3/c1-17(2)19-12-11-18(3)22(15-19)29-16-23(27)25-21-10-6-5-9-20(21)24(28)26-13-7-4-8-14-26/h5-6,9-12,15,17H,4,7-8,13-14,16H2,1-3H3,(H,25,27). The highest BCUT2D eigenvalue weighted by Crippen LogP contribution is 2.24. The van der Waals surface area contributed by atoms with Crippen molar-refractivity contribution in [3.05, 3.63) is 59.2 Å². The molecule has 1 fully saturated rings. The fourth-order valence-corrected chi connectivity index (χ4v) is 3.51. The number of para-hydroxylation sites is 1. The van der Waals surface area contributed by atoms with Gasteiger partial charge in [0.2, 0.25) is 0 Å². The number of benzene rings is 2. The fourth-order valence-electron chi connectivity index (χ4n) is 3.51. The van der Waals surface area contributed by atoms with Crippen LogP contribution in [0.3, 0.4) is 0 Å². The number of aryl methyl sites for hydroxylation is 1. The van der Waals surface area contributed by atoms with Crippen LogP contribution in [0.5, 0.6) is 5.75 Å². The fraction of sp³-hybridized carbons (Fsp3) is 0.417. The molecule has 3 rings (SSSR count). The second kappa shape index (κ2) is 9.59. The molecule has 1 saturated heterocycles. The highest BCUT2D eigenvalue weighted by atomic mass is 16.5. The van der Waals surface area contributed by atoms with Crippen LogP contribution in [0.25, 0.3) is 0 Å². The summed E-state index contributed by atoms with van der Waals surface area (Å²) >= 11 is 0. The number of nitrogens with one attached hydrogen (secondary N) is 1. The van der Waals surface area contributed by atoms with Gasteiger partial charge in [0.15, 0.2) is 6.61 Å². The lowest BCUT2D eigenvalue weighted by Gasteiger charge is -2.27. The first kappa shape index (κ1) is 20.9. The van der Waals surface area contributed by atoms with Crippen LogP contribution in [-0.2, 0) is 4.79 Å². The Morgan fingerprint density at radius 2 is 1.79 bits per heavy atom. The number of carbonyl (C=O) groups excluding carboxylic acids is 2. The lowest BCUT2D eigenvalue weighted by Crippen LogP contribution is -2.36. The molecule has 0 aliphatic carbocycles. The van der Waals surface area contributed by atoms with Crippen LogP contribution in [0.2, 0.25) is 0 Å². The first-order valence-electron chi connectivity index (χ1n) is 10.4. The minimum atomic E-state index is -0.279. The van der Waals surface area contributed by atoms with E-state index in [4.69, 9.17) is 4.74 Å². The topological polar surface area (TPSA) is 58.6 Å². The third-order valence-corrected chi connectivity index (χ3v) is 5.31. The summed E-state index contributed by atoms with van der Waals surface area (Å²) < 4.78 is 5.77. The van der Waals surface area contributed by atoms with E-state index in [1.807, 2.05) is 36.1 Å². The highest BCUT2D eigenvalue weighted by molar-refractivity contribution is 6.04. The first-order chi connectivity index (χ1) is 14.0. The van der Waals surface area contributed by atoms with Crippen LogP contribution in [0, 0.1) is 6.92 Å². The van der Waals surface area contributed by atoms with Crippen LogP contribution in [0.15, 0.2) is 42.5 Å². The Hall–Kier alpha value is -2.82. The number of piperidine rings is 1. The normalized spacial score (nSPS) is 14.0. The van der Waals surface area contributed by atoms with E-state index in [1.165, 1.54) is 5.56 Å². The minimum absolute atomic E-state index is 0.0259. The number of ether oxygens (including phenoxy) is 1. The zero-order valence-electron chi connectivity index (χ0n) is 17.5. The molecule has 0 atom stereocenters. The van der Waals surface area contributed by atoms with Crippen LogP contribution >= 0.6 is 0 Å². The van der Waals surface area contributed by atoms with Crippen molar-refractivity contribution in [2.75, 3.05) is 25.0 Å². The van der Waals surface area contributed by atoms with Crippen molar-refractivity contribution in [3.63, 3.8) is 0 Å². The number of nitrogens with zero attached hydrogens (tertiary/aromatic N) is 1. The van der Waals surface area contributed by atoms with Crippen LogP contribution < -0.4 is 10.1 Å². The molecule has 154 valence electrons. The molecule has 0 unspecified atom stereocenters. The largest absolute Gasteiger partial charge is 0.483 e. The number of hydrogen-bond donors (Lipinski definition) is 1. The van der Waals surface area contributed by atoms with Gasteiger partial charge in [0.1, 0.15) is 5.75 Å². The van der Waals surface area contributed by atoms with Gasteiger partial charge in [-0.2, -0.15) is 0 Å². The minimum Gasteiger partial charge on any atom is -0.483 e. The summed E-state index contributed by atoms with van der Waals surface area (Å²) in [5, 5.41) is 2.85. The van der Waals surface area contributed by atoms with Gasteiger partial charge >= 0.3 is 0 Å². The summed E-state index contributed by atoms with van der Waals surface area (Å²) in [4.78, 5) is 27.2. The van der Waals surface area contributed by atoms with E-state index in [0.29, 0.717) is 22.9 Å². The molecule has 2 aromatic carbocycles. The van der Waals surface area contributed by atoms with Gasteiger partial charge in [-0.05, 0) is 61.4 Å². The summed E-state index contributed by atoms with van der Waals surface area (Å²) in [6.45, 7) is 7.65. The zero-order chi connectivity index (χ0) is 20.8. The van der Waals surface area contributed by atoms with Crippen molar-refractivity contribution in [1.82, 2.24) is 4.90 Å². The van der Waals surface area contributed by atoms with E-state index in [-0.39, 0.29) is 18.4 Å². The average Bonchev–Trinajstić information content (AvgIpc) is 2.73. The summed E-state index contributed by atoms with van der Waals surface area (Å²) in [6, 6.07) is 13.2. The van der Waals surface area contributed by atoms with E-state index < -0.39 is 0 Å². The van der Waals surface area contributed by atoms with E-state index in [1.54, 1.807) is 12.1 Å². The lowest BCUT2D eigenvalue weighted by atomic mass is 10.0. The predicted molar refractivity (Wildman–Crippen MR) is 116 cm³/mol. The van der Waals surface area contributed by atoms with E-state index in [2.05, 4.69) is 25.2 Å². The van der Waals surface area contributed by atoms with Crippen LogP contribution in [0.1, 0.15) is 60.5 Å². The number of likely N-dealkylation sites (tertiary alicyclic amines) is 1. The molecule has 2 aromatic rings. The maximum absolute atomic E-state index is 12.9. The first-order valence-corrected chi connectivity index (χ1v) is 10.4. The summed E-state index contributed by atoms with van der Waals surface area (Å²) in [5.41, 5.74) is 3.22. The van der Waals surface area contributed by atoms with Gasteiger partial charge in [0.25, 0.3) is 11.8 Å². The van der Waals surface area contributed by atoms with Crippen molar-refractivity contribution < 1.29 is 14.3 Å². The molecule has 0 spiro atoms. The third-order valence-electron chi connectivity index (χ3n) is 5.31. The van der Waals surface area contributed by atoms with Gasteiger partial charge in [-0.15, -0.1) is 0 Å². The van der Waals surface area contributed by atoms with Gasteiger partial charge in [0, 0.05) is 13.1 Å². The predicted octanol–water partition coefficient (Wildman–Crippen LogP) is 4.76. The maximum Gasteiger partial charge on any atom is 0.262 e. The van der Waals surface area contributed by atoms with Crippen molar-refractivity contribution >= 4 is 17.5 Å². The number of anilines is 1. The van der Waals surface area contributed by atoms with E-state index >= 15 is 0 Å². The Balaban J connectivity index is 1.66. The van der Waals surface area contributed by atoms with Gasteiger partial charge < -0.3 is 15.0 Å². The molecule has 0 radical (unpaired) electrons. The quantitative estimate of drug-likeness (QED) is 0.768. The van der Waals surface area contributed by atoms with Gasteiger partial charge in [-0.1, -0.05) is 38.1 Å². The Bertz CT molecular complexity index is 870. The molecular weight excluding hydrogens is 364 g/mol. The number of hydrogen-bond acceptors (Lipinski definition) is 3. The number of carbonyl (C=O) groups is 2. The molecule has 1 aliphatic heterocycles. The Labute approximate surface area is 173 Å². The van der Waals surface area contributed by atoms with Crippen LogP contribution in [0.4, 0.5) is 5.69 Å². The molecule has 5 nitrogen and oxygen atoms in total. The molecule has 5 heteroatoms. The molecule has 0 bridgehead atoms. The van der Waals surface area contributed by atoms with Crippen molar-refractivity contribution in [2.24, 2.45) is 0 Å². The lowest BCUT2D eigenvalue weighted by molar-refractivity contribution is -0.118. The van der Waals surface area contributed by atoms with Gasteiger partial charge in [0.05, 0.1) is 11.3 Å². The molecule has 1 heterocycles. The molecule has 0 aromatic heterocycles. The average molecular weight is 395 g/mol. The third kappa shape index (κ3) is 5.37. The second-order valence-corrected chi connectivity index (χ2v) is 7.91. The summed E-state index contributed by atoms with van der Waals surface area (Å²) in [5.74, 6) is 0.795. The Kier molecular flexibility index (Phi) is 6.91. The van der Waals surface area contributed by atoms with Crippen molar-refractivity contribution in [2.45, 2.75) is 46.0 Å². The van der Waals surface area contributed by atoms with Gasteiger partial charge in [-0.3, -0.25) is 9.59 Å². The van der Waals surface area contributed by atoms with Crippen molar-refractivity contribution in [3.8, 4) is 5.75 Å². The zero-order valence-corrected chi connectivity index (χ0v) is 17.5. The van der Waals surface area contributed by atoms with Gasteiger partial charge in [-0.25, -0.2) is 0 Å². The Morgan fingerprint density at radius 3 is 2.52 bits per heavy atom. The van der Waals surface area contributed by atoms with E-state index in [9.17, 15) is 9.59 Å². The molecule has 1 aliphatic rings. The summed E-state index contributed by atoms with van der Waals surface area (Å²) in [6.07, 6.45) is 3.22. The smallest absolute Gasteiger partial charge is 0.262 e. The second-order valence-electron chi connectivity index (χ2n) is 7.91. The highest BCUT2D eigenvalue weighted by Gasteiger charge is 2.21. The molecule has 2 amide bonds. The maximum atomic E-state index is 12.9. The van der Waals surface area contributed by atoms with E-state index in [0.717, 1.165) is 37.9 Å². The van der Waals surface area contributed by atoms with Crippen molar-refractivity contribution in [1.29, 1.82) is 0 Å². The molecule has 0 saturated carbocycles. The van der Waals surface area contributed by atoms with Crippen LogP contribution in [-0.4, -0.2) is 36.4 Å². The molecule has 29 heavy (non-hydrogen) atoms. The number of rotatable bonds is 6. The Morgan fingerprint density at radius 1 is 1.07 bits per heavy atom. The number of amides is 2.